The molecule has 5 heterocycles. The van der Waals surface area contributed by atoms with Gasteiger partial charge in [0.05, 0.1) is 25.7 Å². The number of methoxy groups -OCH3 is 1. The van der Waals surface area contributed by atoms with Crippen LogP contribution in [0.1, 0.15) is 6.23 Å². The number of anilines is 3. The third-order valence-electron chi connectivity index (χ3n) is 6.55. The SMILES string of the molecule is CO[C@@H]1[C@H](O)[C@@H](CO)O[C@H]1n1cnc2c(NCCOc3cccc4c3Nc3nc(=O)n(C)cc3O4)ncnc21. The van der Waals surface area contributed by atoms with Gasteiger partial charge in [-0.3, -0.25) is 9.13 Å². The number of rotatable bonds is 8. The zero-order chi connectivity index (χ0) is 27.1. The highest BCUT2D eigenvalue weighted by atomic mass is 16.6. The Bertz CT molecular complexity index is 1570. The monoisotopic (exact) mass is 538 g/mol. The molecule has 4 atom stereocenters. The van der Waals surface area contributed by atoms with Crippen LogP contribution in [0.3, 0.4) is 0 Å². The third kappa shape index (κ3) is 4.40. The van der Waals surface area contributed by atoms with Gasteiger partial charge in [0.25, 0.3) is 0 Å². The average Bonchev–Trinajstić information content (AvgIpc) is 3.51. The van der Waals surface area contributed by atoms with Gasteiger partial charge in [0.1, 0.15) is 42.7 Å². The van der Waals surface area contributed by atoms with Crippen molar-refractivity contribution in [1.29, 1.82) is 0 Å². The summed E-state index contributed by atoms with van der Waals surface area (Å²) in [6.07, 6.45) is 1.28. The van der Waals surface area contributed by atoms with Gasteiger partial charge >= 0.3 is 5.69 Å². The Morgan fingerprint density at radius 1 is 1.23 bits per heavy atom. The van der Waals surface area contributed by atoms with Crippen molar-refractivity contribution in [3.05, 3.63) is 47.5 Å². The zero-order valence-corrected chi connectivity index (χ0v) is 21.0. The molecule has 6 rings (SSSR count). The highest BCUT2D eigenvalue weighted by Crippen LogP contribution is 2.45. The van der Waals surface area contributed by atoms with E-state index in [9.17, 15) is 15.0 Å². The molecule has 1 aromatic carbocycles. The summed E-state index contributed by atoms with van der Waals surface area (Å²) in [5.41, 5.74) is 1.13. The van der Waals surface area contributed by atoms with Crippen LogP contribution in [0.4, 0.5) is 17.3 Å². The lowest BCUT2D eigenvalue weighted by atomic mass is 10.1. The Balaban J connectivity index is 1.14. The fourth-order valence-electron chi connectivity index (χ4n) is 4.61. The maximum atomic E-state index is 11.9. The molecule has 0 amide bonds. The average molecular weight is 539 g/mol. The number of aliphatic hydroxyl groups excluding tert-OH is 2. The van der Waals surface area contributed by atoms with E-state index in [0.29, 0.717) is 52.3 Å². The molecule has 3 aromatic heterocycles. The summed E-state index contributed by atoms with van der Waals surface area (Å²) in [4.78, 5) is 29.0. The minimum atomic E-state index is -1.00. The summed E-state index contributed by atoms with van der Waals surface area (Å²) in [5.74, 6) is 2.32. The minimum absolute atomic E-state index is 0.267. The van der Waals surface area contributed by atoms with Crippen molar-refractivity contribution in [2.24, 2.45) is 7.05 Å². The fourth-order valence-corrected chi connectivity index (χ4v) is 4.61. The van der Waals surface area contributed by atoms with E-state index in [1.54, 1.807) is 36.0 Å². The molecule has 4 aromatic rings. The lowest BCUT2D eigenvalue weighted by Gasteiger charge is -2.23. The first kappa shape index (κ1) is 25.0. The molecule has 4 N–H and O–H groups in total. The Kier molecular flexibility index (Phi) is 6.48. The molecular weight excluding hydrogens is 512 g/mol. The van der Waals surface area contributed by atoms with Crippen molar-refractivity contribution in [1.82, 2.24) is 29.1 Å². The van der Waals surface area contributed by atoms with Gasteiger partial charge in [-0.05, 0) is 12.1 Å². The summed E-state index contributed by atoms with van der Waals surface area (Å²) in [6, 6.07) is 5.38. The molecule has 1 saturated heterocycles. The topological polar surface area (TPSA) is 180 Å². The molecule has 0 aliphatic carbocycles. The second-order valence-electron chi connectivity index (χ2n) is 8.96. The van der Waals surface area contributed by atoms with Crippen molar-refractivity contribution >= 4 is 28.5 Å². The zero-order valence-electron chi connectivity index (χ0n) is 21.0. The van der Waals surface area contributed by atoms with Gasteiger partial charge in [-0.2, -0.15) is 4.98 Å². The number of fused-ring (bicyclic) bond motifs is 3. The molecule has 0 radical (unpaired) electrons. The van der Waals surface area contributed by atoms with Crippen LogP contribution in [-0.4, -0.2) is 84.5 Å². The van der Waals surface area contributed by atoms with Gasteiger partial charge in [-0.25, -0.2) is 19.7 Å². The predicted octanol–water partition coefficient (Wildman–Crippen LogP) is 0.526. The number of nitrogens with one attached hydrogen (secondary N) is 2. The molecule has 0 spiro atoms. The molecule has 2 aliphatic rings. The fraction of sp³-hybridized carbons (Fsp3) is 0.375. The lowest BCUT2D eigenvalue weighted by Crippen LogP contribution is -2.34. The maximum Gasteiger partial charge on any atom is 0.349 e. The Morgan fingerprint density at radius 3 is 2.92 bits per heavy atom. The predicted molar refractivity (Wildman–Crippen MR) is 136 cm³/mol. The first-order chi connectivity index (χ1) is 19.0. The largest absolute Gasteiger partial charge is 0.489 e. The van der Waals surface area contributed by atoms with Crippen molar-refractivity contribution in [2.75, 3.05) is 37.5 Å². The molecule has 15 heteroatoms. The molecule has 15 nitrogen and oxygen atoms in total. The van der Waals surface area contributed by atoms with Crippen LogP contribution >= 0.6 is 0 Å². The van der Waals surface area contributed by atoms with E-state index in [1.165, 1.54) is 24.3 Å². The standard InChI is InChI=1S/C24H26N8O7/c1-31-8-14-20(30-24(31)35)29-16-12(4-3-5-13(16)38-14)37-7-6-25-21-17-22(27-10-26-21)32(11-28-17)23-19(36-2)18(34)15(9-33)39-23/h3-5,8,10-11,15,18-19,23,33-34H,6-7,9H2,1-2H3,(H,25,26,27)(H,29,30,35)/t15-,18-,19-,23-/m1/s1. The minimum Gasteiger partial charge on any atom is -0.489 e. The summed E-state index contributed by atoms with van der Waals surface area (Å²) in [7, 11) is 3.07. The Hall–Kier alpha value is -4.31. The van der Waals surface area contributed by atoms with E-state index >= 15 is 0 Å². The number of aryl methyl sites for hydroxylation is 1. The van der Waals surface area contributed by atoms with E-state index in [2.05, 4.69) is 30.6 Å². The third-order valence-corrected chi connectivity index (χ3v) is 6.55. The van der Waals surface area contributed by atoms with Crippen molar-refractivity contribution in [3.8, 4) is 17.2 Å². The maximum absolute atomic E-state index is 11.9. The number of nitrogens with zero attached hydrogens (tertiary/aromatic N) is 6. The lowest BCUT2D eigenvalue weighted by molar-refractivity contribution is -0.0583. The van der Waals surface area contributed by atoms with Crippen LogP contribution in [0, 0.1) is 0 Å². The Morgan fingerprint density at radius 2 is 2.10 bits per heavy atom. The van der Waals surface area contributed by atoms with Gasteiger partial charge in [0.2, 0.25) is 0 Å². The second-order valence-corrected chi connectivity index (χ2v) is 8.96. The quantitative estimate of drug-likeness (QED) is 0.201. The summed E-state index contributed by atoms with van der Waals surface area (Å²) in [6.45, 7) is 0.299. The number of aromatic nitrogens is 6. The van der Waals surface area contributed by atoms with Gasteiger partial charge in [0.15, 0.2) is 40.5 Å². The van der Waals surface area contributed by atoms with Crippen LogP contribution in [0.25, 0.3) is 11.2 Å². The van der Waals surface area contributed by atoms with Crippen molar-refractivity contribution in [2.45, 2.75) is 24.5 Å². The number of ether oxygens (including phenoxy) is 4. The Labute approximate surface area is 221 Å². The normalized spacial score (nSPS) is 21.6. The van der Waals surface area contributed by atoms with Gasteiger partial charge in [0, 0.05) is 14.2 Å². The van der Waals surface area contributed by atoms with E-state index in [-0.39, 0.29) is 13.2 Å². The second kappa shape index (κ2) is 10.1. The smallest absolute Gasteiger partial charge is 0.349 e. The molecule has 0 unspecified atom stereocenters. The summed E-state index contributed by atoms with van der Waals surface area (Å²) in [5, 5.41) is 26.2. The number of para-hydroxylation sites is 1. The molecular formula is C24H26N8O7. The van der Waals surface area contributed by atoms with Crippen molar-refractivity contribution in [3.63, 3.8) is 0 Å². The van der Waals surface area contributed by atoms with E-state index in [0.717, 1.165) is 0 Å². The number of imidazole rings is 1. The highest BCUT2D eigenvalue weighted by Gasteiger charge is 2.45. The van der Waals surface area contributed by atoms with E-state index < -0.39 is 30.2 Å². The molecule has 0 bridgehead atoms. The highest BCUT2D eigenvalue weighted by molar-refractivity contribution is 5.82. The first-order valence-electron chi connectivity index (χ1n) is 12.2. The number of aliphatic hydroxyl groups is 2. The van der Waals surface area contributed by atoms with Gasteiger partial charge < -0.3 is 39.8 Å². The molecule has 2 aliphatic heterocycles. The van der Waals surface area contributed by atoms with Crippen LogP contribution < -0.4 is 25.8 Å². The van der Waals surface area contributed by atoms with Crippen LogP contribution in [-0.2, 0) is 16.5 Å². The molecule has 39 heavy (non-hydrogen) atoms. The number of hydrogen-bond acceptors (Lipinski definition) is 13. The van der Waals surface area contributed by atoms with E-state index in [1.807, 2.05) is 0 Å². The van der Waals surface area contributed by atoms with Crippen LogP contribution in [0.2, 0.25) is 0 Å². The van der Waals surface area contributed by atoms with Gasteiger partial charge in [-0.15, -0.1) is 0 Å². The summed E-state index contributed by atoms with van der Waals surface area (Å²) >= 11 is 0. The molecule has 204 valence electrons. The number of hydrogen-bond donors (Lipinski definition) is 4. The van der Waals surface area contributed by atoms with Crippen molar-refractivity contribution < 1.29 is 29.2 Å². The van der Waals surface area contributed by atoms with E-state index in [4.69, 9.17) is 18.9 Å². The molecule has 0 saturated carbocycles. The van der Waals surface area contributed by atoms with Gasteiger partial charge in [-0.1, -0.05) is 6.07 Å². The summed E-state index contributed by atoms with van der Waals surface area (Å²) < 4.78 is 26.1. The van der Waals surface area contributed by atoms with Crippen LogP contribution in [0.5, 0.6) is 17.2 Å². The first-order valence-corrected chi connectivity index (χ1v) is 12.2. The van der Waals surface area contributed by atoms with Crippen LogP contribution in [0.15, 0.2) is 41.8 Å². The molecule has 1 fully saturated rings. The number of benzene rings is 1.